The molecule has 0 aliphatic heterocycles. The summed E-state index contributed by atoms with van der Waals surface area (Å²) in [4.78, 5) is 23.2. The fraction of sp³-hybridized carbons (Fsp3) is 0.500. The number of sulfonamides is 1. The second-order valence-electron chi connectivity index (χ2n) is 5.83. The summed E-state index contributed by atoms with van der Waals surface area (Å²) in [6.45, 7) is 3.07. The lowest BCUT2D eigenvalue weighted by molar-refractivity contribution is -0.148. The minimum Gasteiger partial charge on any atom is -0.497 e. The molecule has 9 nitrogen and oxygen atoms in total. The van der Waals surface area contributed by atoms with Crippen LogP contribution < -0.4 is 14.8 Å². The van der Waals surface area contributed by atoms with Crippen molar-refractivity contribution < 1.29 is 32.6 Å². The van der Waals surface area contributed by atoms with Crippen LogP contribution in [0.3, 0.4) is 0 Å². The van der Waals surface area contributed by atoms with Crippen LogP contribution in [-0.2, 0) is 24.3 Å². The molecule has 0 radical (unpaired) electrons. The Labute approximate surface area is 152 Å². The highest BCUT2D eigenvalue weighted by Crippen LogP contribution is 2.16. The largest absolute Gasteiger partial charge is 0.497 e. The lowest BCUT2D eigenvalue weighted by Crippen LogP contribution is -2.51. The number of nitrogens with one attached hydrogen (secondary N) is 2. The van der Waals surface area contributed by atoms with Gasteiger partial charge in [-0.1, -0.05) is 13.8 Å². The number of hydrogen-bond acceptors (Lipinski definition) is 6. The maximum atomic E-state index is 12.5. The van der Waals surface area contributed by atoms with Gasteiger partial charge in [0.1, 0.15) is 11.8 Å². The Morgan fingerprint density at radius 1 is 1.15 bits per heavy atom. The Morgan fingerprint density at radius 2 is 1.73 bits per heavy atom. The topological polar surface area (TPSA) is 131 Å². The first-order valence-electron chi connectivity index (χ1n) is 7.82. The fourth-order valence-electron chi connectivity index (χ4n) is 2.06. The maximum absolute atomic E-state index is 12.5. The van der Waals surface area contributed by atoms with Gasteiger partial charge in [-0.25, -0.2) is 13.2 Å². The summed E-state index contributed by atoms with van der Waals surface area (Å²) in [5, 5.41) is 11.3. The molecule has 2 atom stereocenters. The van der Waals surface area contributed by atoms with Crippen molar-refractivity contribution in [2.45, 2.75) is 30.9 Å². The first-order valence-corrected chi connectivity index (χ1v) is 9.30. The van der Waals surface area contributed by atoms with Crippen LogP contribution in [-0.4, -0.2) is 58.3 Å². The molecule has 10 heteroatoms. The van der Waals surface area contributed by atoms with Gasteiger partial charge in [-0.05, 0) is 30.2 Å². The van der Waals surface area contributed by atoms with E-state index in [2.05, 4.69) is 10.0 Å². The lowest BCUT2D eigenvalue weighted by atomic mass is 10.1. The second-order valence-corrected chi connectivity index (χ2v) is 7.54. The predicted molar refractivity (Wildman–Crippen MR) is 93.4 cm³/mol. The number of carboxylic acid groups (broad SMARTS) is 1. The number of rotatable bonds is 10. The van der Waals surface area contributed by atoms with Crippen molar-refractivity contribution in [2.24, 2.45) is 5.92 Å². The van der Waals surface area contributed by atoms with E-state index in [9.17, 15) is 18.0 Å². The van der Waals surface area contributed by atoms with Gasteiger partial charge in [-0.3, -0.25) is 4.79 Å². The summed E-state index contributed by atoms with van der Waals surface area (Å²) in [5.74, 6) is -1.73. The standard InChI is InChI=1S/C16H24N2O7S/c1-10(2)14(15(19)17-9-13(25-4)16(20)21)18-26(22,23)12-7-5-11(24-3)6-8-12/h5-8,10,13-14,18H,9H2,1-4H3,(H,17,19)(H,20,21). The summed E-state index contributed by atoms with van der Waals surface area (Å²) in [6, 6.07) is 4.64. The summed E-state index contributed by atoms with van der Waals surface area (Å²) in [5.41, 5.74) is 0. The fourth-order valence-corrected chi connectivity index (χ4v) is 3.40. The van der Waals surface area contributed by atoms with Gasteiger partial charge < -0.3 is 19.9 Å². The molecule has 0 bridgehead atoms. The Morgan fingerprint density at radius 3 is 2.15 bits per heavy atom. The SMILES string of the molecule is COc1ccc(S(=O)(=O)NC(C(=O)NCC(OC)C(=O)O)C(C)C)cc1. The van der Waals surface area contributed by atoms with Gasteiger partial charge in [0, 0.05) is 7.11 Å². The van der Waals surface area contributed by atoms with Crippen LogP contribution in [0, 0.1) is 5.92 Å². The third-order valence-corrected chi connectivity index (χ3v) is 5.08. The van der Waals surface area contributed by atoms with Gasteiger partial charge in [0.2, 0.25) is 15.9 Å². The number of carbonyl (C=O) groups excluding carboxylic acids is 1. The van der Waals surface area contributed by atoms with Crippen LogP contribution in [0.4, 0.5) is 0 Å². The zero-order valence-corrected chi connectivity index (χ0v) is 15.9. The van der Waals surface area contributed by atoms with Crippen LogP contribution in [0.2, 0.25) is 0 Å². The Hall–Kier alpha value is -2.17. The zero-order chi connectivity index (χ0) is 19.9. The molecule has 0 aliphatic rings. The van der Waals surface area contributed by atoms with E-state index in [0.717, 1.165) is 0 Å². The maximum Gasteiger partial charge on any atom is 0.334 e. The Balaban J connectivity index is 2.88. The summed E-state index contributed by atoms with van der Waals surface area (Å²) in [6.07, 6.45) is -1.22. The molecule has 0 spiro atoms. The van der Waals surface area contributed by atoms with Crippen molar-refractivity contribution >= 4 is 21.9 Å². The van der Waals surface area contributed by atoms with Gasteiger partial charge >= 0.3 is 5.97 Å². The van der Waals surface area contributed by atoms with E-state index in [-0.39, 0.29) is 17.4 Å². The summed E-state index contributed by atoms with van der Waals surface area (Å²) >= 11 is 0. The third kappa shape index (κ3) is 5.97. The van der Waals surface area contributed by atoms with Crippen LogP contribution in [0.5, 0.6) is 5.75 Å². The molecule has 26 heavy (non-hydrogen) atoms. The van der Waals surface area contributed by atoms with Crippen molar-refractivity contribution in [3.63, 3.8) is 0 Å². The molecule has 0 aliphatic carbocycles. The number of carbonyl (C=O) groups is 2. The average molecular weight is 388 g/mol. The van der Waals surface area contributed by atoms with E-state index in [1.54, 1.807) is 13.8 Å². The van der Waals surface area contributed by atoms with Crippen molar-refractivity contribution in [1.29, 1.82) is 0 Å². The molecule has 3 N–H and O–H groups in total. The van der Waals surface area contributed by atoms with Gasteiger partial charge in [0.05, 0.1) is 18.6 Å². The summed E-state index contributed by atoms with van der Waals surface area (Å²) in [7, 11) is -1.28. The smallest absolute Gasteiger partial charge is 0.334 e. The average Bonchev–Trinajstić information content (AvgIpc) is 2.59. The minimum atomic E-state index is -3.95. The van der Waals surface area contributed by atoms with E-state index in [0.29, 0.717) is 5.75 Å². The minimum absolute atomic E-state index is 0.0166. The van der Waals surface area contributed by atoms with E-state index in [1.165, 1.54) is 38.5 Å². The number of amides is 1. The molecule has 1 aromatic rings. The van der Waals surface area contributed by atoms with E-state index >= 15 is 0 Å². The number of benzene rings is 1. The molecule has 0 heterocycles. The molecule has 0 saturated carbocycles. The van der Waals surface area contributed by atoms with Crippen molar-refractivity contribution in [3.05, 3.63) is 24.3 Å². The highest BCUT2D eigenvalue weighted by molar-refractivity contribution is 7.89. The molecule has 0 aromatic heterocycles. The number of carboxylic acids is 1. The van der Waals surface area contributed by atoms with E-state index < -0.39 is 34.0 Å². The van der Waals surface area contributed by atoms with Crippen LogP contribution >= 0.6 is 0 Å². The van der Waals surface area contributed by atoms with Crippen molar-refractivity contribution in [2.75, 3.05) is 20.8 Å². The van der Waals surface area contributed by atoms with Gasteiger partial charge in [-0.15, -0.1) is 0 Å². The highest BCUT2D eigenvalue weighted by Gasteiger charge is 2.29. The van der Waals surface area contributed by atoms with Crippen LogP contribution in [0.15, 0.2) is 29.2 Å². The molecule has 146 valence electrons. The van der Waals surface area contributed by atoms with E-state index in [4.69, 9.17) is 14.6 Å². The quantitative estimate of drug-likeness (QED) is 0.522. The highest BCUT2D eigenvalue weighted by atomic mass is 32.2. The van der Waals surface area contributed by atoms with Gasteiger partial charge in [-0.2, -0.15) is 4.72 Å². The summed E-state index contributed by atoms with van der Waals surface area (Å²) < 4.78 is 37.1. The predicted octanol–water partition coefficient (Wildman–Crippen LogP) is 0.214. The van der Waals surface area contributed by atoms with Crippen molar-refractivity contribution in [3.8, 4) is 5.75 Å². The van der Waals surface area contributed by atoms with Crippen LogP contribution in [0.25, 0.3) is 0 Å². The zero-order valence-electron chi connectivity index (χ0n) is 15.1. The molecule has 2 unspecified atom stereocenters. The first-order chi connectivity index (χ1) is 12.1. The lowest BCUT2D eigenvalue weighted by Gasteiger charge is -2.22. The van der Waals surface area contributed by atoms with E-state index in [1.807, 2.05) is 0 Å². The number of hydrogen-bond donors (Lipinski definition) is 3. The van der Waals surface area contributed by atoms with Crippen LogP contribution in [0.1, 0.15) is 13.8 Å². The monoisotopic (exact) mass is 388 g/mol. The number of aliphatic carboxylic acids is 1. The second kappa shape index (κ2) is 9.51. The Kier molecular flexibility index (Phi) is 8.00. The molecular formula is C16H24N2O7S. The first kappa shape index (κ1) is 21.9. The third-order valence-electron chi connectivity index (χ3n) is 3.62. The Bertz CT molecular complexity index is 717. The van der Waals surface area contributed by atoms with Gasteiger partial charge in [0.25, 0.3) is 0 Å². The van der Waals surface area contributed by atoms with Gasteiger partial charge in [0.15, 0.2) is 6.10 Å². The molecular weight excluding hydrogens is 364 g/mol. The molecule has 1 aromatic carbocycles. The van der Waals surface area contributed by atoms with Crippen molar-refractivity contribution in [1.82, 2.24) is 10.0 Å². The number of methoxy groups -OCH3 is 2. The molecule has 0 saturated heterocycles. The molecule has 0 fully saturated rings. The number of ether oxygens (including phenoxy) is 2. The molecule has 1 rings (SSSR count). The normalized spacial score (nSPS) is 13.9. The molecule has 1 amide bonds.